The minimum atomic E-state index is 1.05. The molecule has 1 aliphatic rings. The van der Waals surface area contributed by atoms with Crippen molar-refractivity contribution < 1.29 is 0 Å². The molecule has 1 radical (unpaired) electrons. The number of unbranched alkanes of at least 4 members (excludes halogenated alkanes) is 8. The molecule has 1 fully saturated rings. The fourth-order valence-corrected chi connectivity index (χ4v) is 5.17. The van der Waals surface area contributed by atoms with Crippen LogP contribution in [0.1, 0.15) is 122 Å². The van der Waals surface area contributed by atoms with Crippen LogP contribution >= 0.6 is 8.58 Å². The SMILES string of the molecule is CCCCCCCCCCC[P]C1CCCCCCCCC1. The Kier molecular flexibility index (Phi) is 15.2. The van der Waals surface area contributed by atoms with E-state index in [1.54, 1.807) is 8.58 Å². The summed E-state index contributed by atoms with van der Waals surface area (Å²) in [6.45, 7) is 2.30. The highest BCUT2D eigenvalue weighted by Crippen LogP contribution is 2.31. The predicted octanol–water partition coefficient (Wildman–Crippen LogP) is 8.36. The summed E-state index contributed by atoms with van der Waals surface area (Å²) in [6.07, 6.45) is 28.3. The quantitative estimate of drug-likeness (QED) is 0.264. The third-order valence-corrected chi connectivity index (χ3v) is 6.83. The van der Waals surface area contributed by atoms with E-state index >= 15 is 0 Å². The highest BCUT2D eigenvalue weighted by molar-refractivity contribution is 7.38. The smallest absolute Gasteiger partial charge is 0.0170 e. The molecule has 131 valence electrons. The molecule has 0 amide bonds. The molecule has 0 heterocycles. The molecule has 0 saturated heterocycles. The summed E-state index contributed by atoms with van der Waals surface area (Å²) in [5.41, 5.74) is 1.05. The van der Waals surface area contributed by atoms with Crippen molar-refractivity contribution in [3.05, 3.63) is 0 Å². The fourth-order valence-electron chi connectivity index (χ4n) is 3.67. The van der Waals surface area contributed by atoms with E-state index in [-0.39, 0.29) is 0 Å². The van der Waals surface area contributed by atoms with E-state index in [2.05, 4.69) is 6.92 Å². The van der Waals surface area contributed by atoms with Crippen molar-refractivity contribution in [3.8, 4) is 0 Å². The Hall–Kier alpha value is 0.430. The zero-order valence-corrected chi connectivity index (χ0v) is 16.4. The van der Waals surface area contributed by atoms with Crippen LogP contribution in [0.25, 0.3) is 0 Å². The minimum Gasteiger partial charge on any atom is -0.0775 e. The van der Waals surface area contributed by atoms with E-state index in [0.717, 1.165) is 5.66 Å². The van der Waals surface area contributed by atoms with Crippen molar-refractivity contribution in [2.75, 3.05) is 6.16 Å². The lowest BCUT2D eigenvalue weighted by Gasteiger charge is -2.17. The Morgan fingerprint density at radius 3 is 1.59 bits per heavy atom. The van der Waals surface area contributed by atoms with Gasteiger partial charge in [0.05, 0.1) is 0 Å². The molecule has 0 aromatic rings. The van der Waals surface area contributed by atoms with E-state index < -0.39 is 0 Å². The molecule has 1 rings (SSSR count). The Morgan fingerprint density at radius 2 is 1.05 bits per heavy atom. The Bertz CT molecular complexity index is 204. The van der Waals surface area contributed by atoms with Crippen LogP contribution in [0.15, 0.2) is 0 Å². The van der Waals surface area contributed by atoms with Crippen LogP contribution in [0, 0.1) is 0 Å². The second kappa shape index (κ2) is 16.3. The molecule has 0 N–H and O–H groups in total. The first kappa shape index (κ1) is 20.5. The second-order valence-electron chi connectivity index (χ2n) is 7.44. The summed E-state index contributed by atoms with van der Waals surface area (Å²) in [5, 5.41) is 0. The van der Waals surface area contributed by atoms with Crippen LogP contribution in [0.3, 0.4) is 0 Å². The number of rotatable bonds is 11. The molecule has 22 heavy (non-hydrogen) atoms. The van der Waals surface area contributed by atoms with Gasteiger partial charge in [0.1, 0.15) is 0 Å². The molecule has 0 aliphatic heterocycles. The topological polar surface area (TPSA) is 0 Å². The van der Waals surface area contributed by atoms with E-state index in [1.807, 2.05) is 0 Å². The molecule has 0 aromatic carbocycles. The van der Waals surface area contributed by atoms with Crippen molar-refractivity contribution in [2.24, 2.45) is 0 Å². The van der Waals surface area contributed by atoms with Crippen LogP contribution in [-0.4, -0.2) is 11.8 Å². The Morgan fingerprint density at radius 1 is 0.591 bits per heavy atom. The van der Waals surface area contributed by atoms with Crippen LogP contribution in [0.5, 0.6) is 0 Å². The molecular formula is C21H42P. The first-order valence-corrected chi connectivity index (χ1v) is 11.7. The summed E-state index contributed by atoms with van der Waals surface area (Å²) in [4.78, 5) is 0. The van der Waals surface area contributed by atoms with Gasteiger partial charge in [-0.2, -0.15) is 0 Å². The third-order valence-electron chi connectivity index (χ3n) is 5.22. The van der Waals surface area contributed by atoms with Gasteiger partial charge in [0.25, 0.3) is 0 Å². The highest BCUT2D eigenvalue weighted by Gasteiger charge is 2.10. The molecule has 0 unspecified atom stereocenters. The van der Waals surface area contributed by atoms with Gasteiger partial charge in [0.2, 0.25) is 0 Å². The predicted molar refractivity (Wildman–Crippen MR) is 104 cm³/mol. The van der Waals surface area contributed by atoms with Gasteiger partial charge in [-0.3, -0.25) is 0 Å². The molecule has 1 heteroatoms. The Balaban J connectivity index is 1.89. The van der Waals surface area contributed by atoms with Gasteiger partial charge in [-0.1, -0.05) is 112 Å². The lowest BCUT2D eigenvalue weighted by molar-refractivity contribution is 0.509. The molecule has 1 saturated carbocycles. The standard InChI is InChI=1S/C21H42P/c1-2-3-4-5-6-7-11-14-17-20-22-21-18-15-12-9-8-10-13-16-19-21/h21H,2-20H2,1H3. The largest absolute Gasteiger partial charge is 0.0775 e. The number of hydrogen-bond acceptors (Lipinski definition) is 0. The van der Waals surface area contributed by atoms with E-state index in [4.69, 9.17) is 0 Å². The monoisotopic (exact) mass is 325 g/mol. The van der Waals surface area contributed by atoms with Crippen molar-refractivity contribution in [3.63, 3.8) is 0 Å². The molecular weight excluding hydrogens is 283 g/mol. The lowest BCUT2D eigenvalue weighted by atomic mass is 10.0. The molecule has 0 atom stereocenters. The van der Waals surface area contributed by atoms with Gasteiger partial charge in [-0.25, -0.2) is 0 Å². The summed E-state index contributed by atoms with van der Waals surface area (Å²) >= 11 is 0. The highest BCUT2D eigenvalue weighted by atomic mass is 31.1. The van der Waals surface area contributed by atoms with Crippen LogP contribution in [0.4, 0.5) is 0 Å². The Labute approximate surface area is 143 Å². The molecule has 0 bridgehead atoms. The zero-order valence-electron chi connectivity index (χ0n) is 15.5. The van der Waals surface area contributed by atoms with Gasteiger partial charge in [0, 0.05) is 0 Å². The number of hydrogen-bond donors (Lipinski definition) is 0. The van der Waals surface area contributed by atoms with Gasteiger partial charge in [-0.05, 0) is 31.1 Å². The maximum Gasteiger partial charge on any atom is -0.0170 e. The zero-order chi connectivity index (χ0) is 15.7. The summed E-state index contributed by atoms with van der Waals surface area (Å²) in [6, 6.07) is 0. The molecule has 0 aromatic heterocycles. The van der Waals surface area contributed by atoms with E-state index in [9.17, 15) is 0 Å². The molecule has 0 spiro atoms. The van der Waals surface area contributed by atoms with Crippen molar-refractivity contribution in [1.82, 2.24) is 0 Å². The summed E-state index contributed by atoms with van der Waals surface area (Å²) in [5.74, 6) is 0. The van der Waals surface area contributed by atoms with E-state index in [1.165, 1.54) is 122 Å². The summed E-state index contributed by atoms with van der Waals surface area (Å²) in [7, 11) is 1.80. The maximum atomic E-state index is 2.30. The van der Waals surface area contributed by atoms with E-state index in [0.29, 0.717) is 0 Å². The summed E-state index contributed by atoms with van der Waals surface area (Å²) < 4.78 is 0. The van der Waals surface area contributed by atoms with Crippen molar-refractivity contribution in [2.45, 2.75) is 128 Å². The van der Waals surface area contributed by atoms with Crippen LogP contribution in [-0.2, 0) is 0 Å². The van der Waals surface area contributed by atoms with Gasteiger partial charge in [0.15, 0.2) is 0 Å². The van der Waals surface area contributed by atoms with Gasteiger partial charge in [-0.15, -0.1) is 0 Å². The maximum absolute atomic E-state index is 2.30. The second-order valence-corrected chi connectivity index (χ2v) is 8.98. The average molecular weight is 326 g/mol. The first-order chi connectivity index (χ1) is 10.9. The van der Waals surface area contributed by atoms with Crippen molar-refractivity contribution >= 4 is 8.58 Å². The normalized spacial score (nSPS) is 19.0. The minimum absolute atomic E-state index is 1.05. The van der Waals surface area contributed by atoms with Crippen LogP contribution in [0.2, 0.25) is 0 Å². The lowest BCUT2D eigenvalue weighted by Crippen LogP contribution is -2.03. The van der Waals surface area contributed by atoms with Crippen LogP contribution < -0.4 is 0 Å². The van der Waals surface area contributed by atoms with Crippen molar-refractivity contribution in [1.29, 1.82) is 0 Å². The third kappa shape index (κ3) is 12.9. The fraction of sp³-hybridized carbons (Fsp3) is 1.00. The molecule has 1 aliphatic carbocycles. The first-order valence-electron chi connectivity index (χ1n) is 10.6. The van der Waals surface area contributed by atoms with Gasteiger partial charge < -0.3 is 0 Å². The average Bonchev–Trinajstić information content (AvgIpc) is 2.55. The molecule has 0 nitrogen and oxygen atoms in total. The van der Waals surface area contributed by atoms with Gasteiger partial charge >= 0.3 is 0 Å².